The molecular formula is C30H33FN10O. The first-order chi connectivity index (χ1) is 20.4. The molecule has 5 heterocycles. The average molecular weight is 569 g/mol. The predicted octanol–water partition coefficient (Wildman–Crippen LogP) is 3.23. The maximum Gasteiger partial charge on any atom is 0.351 e. The van der Waals surface area contributed by atoms with Crippen molar-refractivity contribution < 1.29 is 4.39 Å². The molecule has 0 N–H and O–H groups in total. The van der Waals surface area contributed by atoms with Gasteiger partial charge < -0.3 is 9.80 Å². The Morgan fingerprint density at radius 3 is 2.50 bits per heavy atom. The molecular weight excluding hydrogens is 535 g/mol. The summed E-state index contributed by atoms with van der Waals surface area (Å²) in [6, 6.07) is 8.73. The van der Waals surface area contributed by atoms with E-state index in [2.05, 4.69) is 54.7 Å². The van der Waals surface area contributed by atoms with E-state index in [0.717, 1.165) is 37.9 Å². The topological polar surface area (TPSA) is 112 Å². The lowest BCUT2D eigenvalue weighted by Crippen LogP contribution is -2.53. The van der Waals surface area contributed by atoms with Gasteiger partial charge in [0.15, 0.2) is 0 Å². The zero-order valence-corrected chi connectivity index (χ0v) is 23.8. The van der Waals surface area contributed by atoms with Crippen LogP contribution in [0.2, 0.25) is 0 Å². The molecule has 4 aromatic rings. The molecule has 11 nitrogen and oxygen atoms in total. The number of pyridine rings is 1. The molecule has 2 aliphatic heterocycles. The fourth-order valence-electron chi connectivity index (χ4n) is 5.67. The highest BCUT2D eigenvalue weighted by Gasteiger charge is 2.28. The molecule has 0 saturated carbocycles. The quantitative estimate of drug-likeness (QED) is 0.332. The molecule has 0 spiro atoms. The summed E-state index contributed by atoms with van der Waals surface area (Å²) in [5, 5.41) is 14.2. The molecule has 0 amide bonds. The SMILES string of the molecule is CCc1cnc(N2CCN(c3ncc(-c4ccc(-n5cnn(CN6CCCC6)c5=O)c(F)c4)cc3C#N)[C@@H](C)C2)nc1. The molecule has 216 valence electrons. The lowest BCUT2D eigenvalue weighted by Gasteiger charge is -2.40. The highest BCUT2D eigenvalue weighted by atomic mass is 19.1. The number of aryl methyl sites for hydroxylation is 1. The highest BCUT2D eigenvalue weighted by molar-refractivity contribution is 5.69. The number of likely N-dealkylation sites (tertiary alicyclic amines) is 1. The lowest BCUT2D eigenvalue weighted by atomic mass is 10.0. The molecule has 0 bridgehead atoms. The highest BCUT2D eigenvalue weighted by Crippen LogP contribution is 2.29. The van der Waals surface area contributed by atoms with Gasteiger partial charge in [-0.15, -0.1) is 0 Å². The van der Waals surface area contributed by atoms with Crippen LogP contribution in [0.5, 0.6) is 0 Å². The second kappa shape index (κ2) is 11.7. The van der Waals surface area contributed by atoms with E-state index >= 15 is 4.39 Å². The van der Waals surface area contributed by atoms with Gasteiger partial charge in [-0.3, -0.25) is 4.90 Å². The number of rotatable bonds is 7. The molecule has 2 saturated heterocycles. The van der Waals surface area contributed by atoms with Gasteiger partial charge in [0.2, 0.25) is 5.95 Å². The molecule has 0 unspecified atom stereocenters. The fourth-order valence-corrected chi connectivity index (χ4v) is 5.67. The standard InChI is InChI=1S/C30H33FN10O/c1-3-22-15-34-29(35-16-22)38-10-11-39(21(2)18-38)28-24(14-32)12-25(17-33-28)23-6-7-27(26(31)13-23)40-19-36-41(30(40)42)20-37-8-4-5-9-37/h6-7,12-13,15-17,19,21H,3-5,8-11,18,20H2,1-2H3/t21-/m0/s1. The van der Waals surface area contributed by atoms with E-state index in [-0.39, 0.29) is 17.4 Å². The van der Waals surface area contributed by atoms with E-state index in [0.29, 0.717) is 54.8 Å². The molecule has 0 aliphatic carbocycles. The van der Waals surface area contributed by atoms with Crippen LogP contribution in [0.3, 0.4) is 0 Å². The van der Waals surface area contributed by atoms with Crippen molar-refractivity contribution in [1.82, 2.24) is 34.2 Å². The van der Waals surface area contributed by atoms with Gasteiger partial charge in [-0.25, -0.2) is 28.7 Å². The Bertz CT molecular complexity index is 1670. The molecule has 6 rings (SSSR count). The van der Waals surface area contributed by atoms with Crippen LogP contribution in [0, 0.1) is 17.1 Å². The first kappa shape index (κ1) is 27.5. The molecule has 2 fully saturated rings. The smallest absolute Gasteiger partial charge is 0.349 e. The Morgan fingerprint density at radius 2 is 1.81 bits per heavy atom. The summed E-state index contributed by atoms with van der Waals surface area (Å²) in [6.45, 7) is 8.47. The number of hydrogen-bond acceptors (Lipinski definition) is 9. The minimum absolute atomic E-state index is 0.0695. The number of anilines is 2. The molecule has 1 atom stereocenters. The van der Waals surface area contributed by atoms with Gasteiger partial charge in [0.05, 0.1) is 17.9 Å². The Kier molecular flexibility index (Phi) is 7.67. The summed E-state index contributed by atoms with van der Waals surface area (Å²) in [5.41, 5.74) is 2.44. The summed E-state index contributed by atoms with van der Waals surface area (Å²) in [7, 11) is 0. The van der Waals surface area contributed by atoms with E-state index in [1.807, 2.05) is 12.4 Å². The van der Waals surface area contributed by atoms with E-state index in [1.54, 1.807) is 24.4 Å². The van der Waals surface area contributed by atoms with Crippen LogP contribution in [0.1, 0.15) is 37.8 Å². The minimum Gasteiger partial charge on any atom is -0.349 e. The minimum atomic E-state index is -0.558. The lowest BCUT2D eigenvalue weighted by molar-refractivity contribution is 0.250. The van der Waals surface area contributed by atoms with Crippen LogP contribution < -0.4 is 15.5 Å². The average Bonchev–Trinajstić information content (AvgIpc) is 3.67. The third-order valence-electron chi connectivity index (χ3n) is 8.08. The third kappa shape index (κ3) is 5.35. The number of piperazine rings is 1. The molecule has 42 heavy (non-hydrogen) atoms. The van der Waals surface area contributed by atoms with Gasteiger partial charge in [-0.05, 0) is 68.6 Å². The monoisotopic (exact) mass is 568 g/mol. The van der Waals surface area contributed by atoms with Crippen molar-refractivity contribution in [2.75, 3.05) is 42.5 Å². The van der Waals surface area contributed by atoms with Crippen molar-refractivity contribution in [3.8, 4) is 22.9 Å². The molecule has 0 radical (unpaired) electrons. The van der Waals surface area contributed by atoms with Crippen molar-refractivity contribution in [1.29, 1.82) is 5.26 Å². The van der Waals surface area contributed by atoms with Crippen molar-refractivity contribution in [3.05, 3.63) is 76.6 Å². The number of hydrogen-bond donors (Lipinski definition) is 0. The predicted molar refractivity (Wildman–Crippen MR) is 157 cm³/mol. The second-order valence-electron chi connectivity index (χ2n) is 10.9. The van der Waals surface area contributed by atoms with Crippen LogP contribution in [0.25, 0.3) is 16.8 Å². The van der Waals surface area contributed by atoms with Gasteiger partial charge in [0, 0.05) is 49.8 Å². The first-order valence-electron chi connectivity index (χ1n) is 14.3. The van der Waals surface area contributed by atoms with Crippen LogP contribution in [0.4, 0.5) is 16.2 Å². The number of benzene rings is 1. The molecule has 12 heteroatoms. The van der Waals surface area contributed by atoms with Crippen molar-refractivity contribution >= 4 is 11.8 Å². The maximum atomic E-state index is 15.3. The Hall–Kier alpha value is -4.63. The van der Waals surface area contributed by atoms with Crippen LogP contribution in [0.15, 0.2) is 54.0 Å². The van der Waals surface area contributed by atoms with Crippen LogP contribution >= 0.6 is 0 Å². The van der Waals surface area contributed by atoms with E-state index < -0.39 is 5.82 Å². The zero-order valence-electron chi connectivity index (χ0n) is 23.8. The fraction of sp³-hybridized carbons (Fsp3) is 0.400. The third-order valence-corrected chi connectivity index (χ3v) is 8.08. The summed E-state index contributed by atoms with van der Waals surface area (Å²) in [5.74, 6) is 0.746. The van der Waals surface area contributed by atoms with Gasteiger partial charge in [-0.2, -0.15) is 15.0 Å². The Labute approximate surface area is 243 Å². The summed E-state index contributed by atoms with van der Waals surface area (Å²) < 4.78 is 17.9. The molecule has 3 aromatic heterocycles. The van der Waals surface area contributed by atoms with Gasteiger partial charge >= 0.3 is 5.69 Å². The van der Waals surface area contributed by atoms with E-state index in [9.17, 15) is 10.1 Å². The molecule has 2 aliphatic rings. The van der Waals surface area contributed by atoms with Gasteiger partial charge in [0.25, 0.3) is 0 Å². The van der Waals surface area contributed by atoms with Crippen molar-refractivity contribution in [2.45, 2.75) is 45.8 Å². The zero-order chi connectivity index (χ0) is 29.2. The summed E-state index contributed by atoms with van der Waals surface area (Å²) in [6.07, 6.45) is 9.85. The van der Waals surface area contributed by atoms with Gasteiger partial charge in [0.1, 0.15) is 24.0 Å². The number of nitriles is 1. The van der Waals surface area contributed by atoms with Crippen LogP contribution in [-0.2, 0) is 13.1 Å². The van der Waals surface area contributed by atoms with E-state index in [1.165, 1.54) is 21.6 Å². The van der Waals surface area contributed by atoms with Crippen molar-refractivity contribution in [3.63, 3.8) is 0 Å². The maximum absolute atomic E-state index is 15.3. The number of halogens is 1. The normalized spacial score (nSPS) is 17.5. The van der Waals surface area contributed by atoms with E-state index in [4.69, 9.17) is 0 Å². The Morgan fingerprint density at radius 1 is 1.02 bits per heavy atom. The number of aromatic nitrogens is 6. The number of nitrogens with zero attached hydrogens (tertiary/aromatic N) is 10. The largest absolute Gasteiger partial charge is 0.351 e. The summed E-state index contributed by atoms with van der Waals surface area (Å²) in [4.78, 5) is 33.0. The summed E-state index contributed by atoms with van der Waals surface area (Å²) >= 11 is 0. The van der Waals surface area contributed by atoms with Gasteiger partial charge in [-0.1, -0.05) is 13.0 Å². The second-order valence-corrected chi connectivity index (χ2v) is 10.9. The Balaban J connectivity index is 1.19. The van der Waals surface area contributed by atoms with Crippen molar-refractivity contribution in [2.24, 2.45) is 0 Å². The molecule has 1 aromatic carbocycles. The van der Waals surface area contributed by atoms with Crippen LogP contribution in [-0.4, -0.2) is 73.0 Å². The first-order valence-corrected chi connectivity index (χ1v) is 14.3.